The van der Waals surface area contributed by atoms with Gasteiger partial charge in [-0.1, -0.05) is 19.8 Å². The molecule has 4 nitrogen and oxygen atoms in total. The van der Waals surface area contributed by atoms with Crippen LogP contribution in [0, 0.1) is 18.8 Å². The minimum absolute atomic E-state index is 0.00475. The summed E-state index contributed by atoms with van der Waals surface area (Å²) < 4.78 is 0. The average Bonchev–Trinajstić information content (AvgIpc) is 2.74. The summed E-state index contributed by atoms with van der Waals surface area (Å²) in [5.41, 5.74) is 1.49. The number of rotatable bonds is 3. The molecule has 4 heteroatoms. The maximum Gasteiger partial charge on any atom is 0.254 e. The van der Waals surface area contributed by atoms with Crippen molar-refractivity contribution < 1.29 is 4.79 Å². The number of amides is 1. The Kier molecular flexibility index (Phi) is 3.82. The fourth-order valence-corrected chi connectivity index (χ4v) is 2.45. The first-order chi connectivity index (χ1) is 8.16. The number of aromatic amines is 1. The van der Waals surface area contributed by atoms with E-state index in [4.69, 9.17) is 0 Å². The third-order valence-electron chi connectivity index (χ3n) is 3.76. The van der Waals surface area contributed by atoms with Gasteiger partial charge in [0.2, 0.25) is 0 Å². The molecule has 0 unspecified atom stereocenters. The molecule has 1 heterocycles. The van der Waals surface area contributed by atoms with Crippen molar-refractivity contribution in [2.75, 3.05) is 6.54 Å². The minimum Gasteiger partial charge on any atom is -0.352 e. The summed E-state index contributed by atoms with van der Waals surface area (Å²) in [7, 11) is 0. The van der Waals surface area contributed by atoms with Crippen LogP contribution >= 0.6 is 0 Å². The molecule has 2 rings (SSSR count). The number of nitrogens with zero attached hydrogens (tertiary/aromatic N) is 1. The van der Waals surface area contributed by atoms with E-state index in [1.807, 2.05) is 6.92 Å². The molecule has 17 heavy (non-hydrogen) atoms. The van der Waals surface area contributed by atoms with Crippen molar-refractivity contribution in [3.63, 3.8) is 0 Å². The second-order valence-electron chi connectivity index (χ2n) is 5.24. The second kappa shape index (κ2) is 5.34. The average molecular weight is 235 g/mol. The number of H-pyrrole nitrogens is 1. The van der Waals surface area contributed by atoms with Crippen molar-refractivity contribution in [3.05, 3.63) is 17.5 Å². The van der Waals surface area contributed by atoms with E-state index in [1.54, 1.807) is 6.20 Å². The summed E-state index contributed by atoms with van der Waals surface area (Å²) in [5.74, 6) is 1.51. The Morgan fingerprint density at radius 2 is 2.18 bits per heavy atom. The molecular formula is C13H21N3O. The summed E-state index contributed by atoms with van der Waals surface area (Å²) in [4.78, 5) is 11.9. The first-order valence-corrected chi connectivity index (χ1v) is 6.45. The first-order valence-electron chi connectivity index (χ1n) is 6.45. The number of hydrogen-bond acceptors (Lipinski definition) is 2. The zero-order valence-electron chi connectivity index (χ0n) is 10.6. The maximum absolute atomic E-state index is 11.9. The molecule has 1 aromatic heterocycles. The Labute approximate surface area is 102 Å². The molecule has 1 amide bonds. The van der Waals surface area contributed by atoms with Crippen LogP contribution < -0.4 is 5.32 Å². The van der Waals surface area contributed by atoms with E-state index in [2.05, 4.69) is 22.4 Å². The Morgan fingerprint density at radius 3 is 2.76 bits per heavy atom. The van der Waals surface area contributed by atoms with E-state index in [-0.39, 0.29) is 5.91 Å². The van der Waals surface area contributed by atoms with Crippen molar-refractivity contribution >= 4 is 5.91 Å². The fraction of sp³-hybridized carbons (Fsp3) is 0.692. The molecule has 2 N–H and O–H groups in total. The molecular weight excluding hydrogens is 214 g/mol. The van der Waals surface area contributed by atoms with Gasteiger partial charge in [-0.3, -0.25) is 9.89 Å². The van der Waals surface area contributed by atoms with E-state index < -0.39 is 0 Å². The van der Waals surface area contributed by atoms with Gasteiger partial charge in [-0.05, 0) is 31.6 Å². The third-order valence-corrected chi connectivity index (χ3v) is 3.76. The van der Waals surface area contributed by atoms with Crippen molar-refractivity contribution in [3.8, 4) is 0 Å². The molecule has 0 aromatic carbocycles. The van der Waals surface area contributed by atoms with Crippen molar-refractivity contribution in [1.29, 1.82) is 0 Å². The largest absolute Gasteiger partial charge is 0.352 e. The van der Waals surface area contributed by atoms with Gasteiger partial charge in [-0.25, -0.2) is 0 Å². The number of aromatic nitrogens is 2. The van der Waals surface area contributed by atoms with Gasteiger partial charge in [0.1, 0.15) is 0 Å². The molecule has 0 saturated heterocycles. The number of hydrogen-bond donors (Lipinski definition) is 2. The quantitative estimate of drug-likeness (QED) is 0.844. The van der Waals surface area contributed by atoms with Crippen LogP contribution in [0.25, 0.3) is 0 Å². The highest BCUT2D eigenvalue weighted by Gasteiger charge is 2.19. The lowest BCUT2D eigenvalue weighted by molar-refractivity contribution is 0.0941. The van der Waals surface area contributed by atoms with E-state index in [9.17, 15) is 4.79 Å². The van der Waals surface area contributed by atoms with Gasteiger partial charge in [-0.2, -0.15) is 5.10 Å². The second-order valence-corrected chi connectivity index (χ2v) is 5.24. The molecule has 1 saturated carbocycles. The summed E-state index contributed by atoms with van der Waals surface area (Å²) in [6.45, 7) is 4.98. The molecule has 0 bridgehead atoms. The molecule has 0 spiro atoms. The molecule has 0 atom stereocenters. The van der Waals surface area contributed by atoms with Crippen LogP contribution in [-0.2, 0) is 0 Å². The molecule has 0 aliphatic heterocycles. The molecule has 1 aliphatic rings. The summed E-state index contributed by atoms with van der Waals surface area (Å²) in [5, 5.41) is 9.66. The van der Waals surface area contributed by atoms with Crippen LogP contribution in [0.2, 0.25) is 0 Å². The fourth-order valence-electron chi connectivity index (χ4n) is 2.45. The van der Waals surface area contributed by atoms with Gasteiger partial charge in [-0.15, -0.1) is 0 Å². The van der Waals surface area contributed by atoms with E-state index in [1.165, 1.54) is 25.7 Å². The Bertz CT molecular complexity index is 378. The number of nitrogens with one attached hydrogen (secondary N) is 2. The predicted molar refractivity (Wildman–Crippen MR) is 66.8 cm³/mol. The molecule has 94 valence electrons. The lowest BCUT2D eigenvalue weighted by Gasteiger charge is -2.26. The highest BCUT2D eigenvalue weighted by Crippen LogP contribution is 2.27. The van der Waals surface area contributed by atoms with Gasteiger partial charge >= 0.3 is 0 Å². The third kappa shape index (κ3) is 3.08. The van der Waals surface area contributed by atoms with Crippen LogP contribution in [-0.4, -0.2) is 22.6 Å². The van der Waals surface area contributed by atoms with Gasteiger partial charge in [0, 0.05) is 12.2 Å². The van der Waals surface area contributed by atoms with Crippen LogP contribution in [0.4, 0.5) is 0 Å². The van der Waals surface area contributed by atoms with E-state index in [0.717, 1.165) is 18.2 Å². The van der Waals surface area contributed by atoms with E-state index >= 15 is 0 Å². The zero-order chi connectivity index (χ0) is 12.3. The Hall–Kier alpha value is -1.32. The zero-order valence-corrected chi connectivity index (χ0v) is 10.6. The van der Waals surface area contributed by atoms with Gasteiger partial charge in [0.15, 0.2) is 0 Å². The van der Waals surface area contributed by atoms with Crippen molar-refractivity contribution in [1.82, 2.24) is 15.5 Å². The Balaban J connectivity index is 1.79. The number of carbonyl (C=O) groups is 1. The summed E-state index contributed by atoms with van der Waals surface area (Å²) in [6.07, 6.45) is 6.67. The van der Waals surface area contributed by atoms with Crippen LogP contribution in [0.15, 0.2) is 6.20 Å². The van der Waals surface area contributed by atoms with Crippen LogP contribution in [0.5, 0.6) is 0 Å². The normalized spacial score (nSPS) is 24.6. The lowest BCUT2D eigenvalue weighted by Crippen LogP contribution is -2.31. The molecule has 0 radical (unpaired) electrons. The molecule has 1 fully saturated rings. The highest BCUT2D eigenvalue weighted by molar-refractivity contribution is 5.94. The minimum atomic E-state index is -0.00475. The van der Waals surface area contributed by atoms with E-state index in [0.29, 0.717) is 11.5 Å². The maximum atomic E-state index is 11.9. The Morgan fingerprint density at radius 1 is 1.47 bits per heavy atom. The predicted octanol–water partition coefficient (Wildman–Crippen LogP) is 2.27. The molecule has 1 aromatic rings. The number of carbonyl (C=O) groups excluding carboxylic acids is 1. The lowest BCUT2D eigenvalue weighted by atomic mass is 9.83. The monoisotopic (exact) mass is 235 g/mol. The van der Waals surface area contributed by atoms with Gasteiger partial charge < -0.3 is 5.32 Å². The topological polar surface area (TPSA) is 57.8 Å². The van der Waals surface area contributed by atoms with Gasteiger partial charge in [0.05, 0.1) is 11.8 Å². The highest BCUT2D eigenvalue weighted by atomic mass is 16.1. The summed E-state index contributed by atoms with van der Waals surface area (Å²) >= 11 is 0. The van der Waals surface area contributed by atoms with Crippen LogP contribution in [0.1, 0.15) is 48.7 Å². The van der Waals surface area contributed by atoms with Crippen LogP contribution in [0.3, 0.4) is 0 Å². The first kappa shape index (κ1) is 12.1. The summed E-state index contributed by atoms with van der Waals surface area (Å²) in [6, 6.07) is 0. The standard InChI is InChI=1S/C13H21N3O/c1-9-3-5-11(6-4-9)7-14-13(17)12-8-15-16-10(12)2/h8-9,11H,3-7H2,1-2H3,(H,14,17)(H,15,16). The smallest absolute Gasteiger partial charge is 0.254 e. The van der Waals surface area contributed by atoms with Crippen molar-refractivity contribution in [2.45, 2.75) is 39.5 Å². The van der Waals surface area contributed by atoms with Crippen molar-refractivity contribution in [2.24, 2.45) is 11.8 Å². The number of aryl methyl sites for hydroxylation is 1. The van der Waals surface area contributed by atoms with Gasteiger partial charge in [0.25, 0.3) is 5.91 Å². The molecule has 1 aliphatic carbocycles. The SMILES string of the molecule is Cc1[nH]ncc1C(=O)NCC1CCC(C)CC1.